The zero-order valence-electron chi connectivity index (χ0n) is 11.2. The average Bonchev–Trinajstić information content (AvgIpc) is 2.94. The maximum atomic E-state index is 10.3. The van der Waals surface area contributed by atoms with Gasteiger partial charge in [-0.3, -0.25) is 4.79 Å². The fourth-order valence-electron chi connectivity index (χ4n) is 1.69. The van der Waals surface area contributed by atoms with Crippen molar-refractivity contribution in [1.82, 2.24) is 4.98 Å². The summed E-state index contributed by atoms with van der Waals surface area (Å²) in [5.41, 5.74) is 0.682. The molecule has 2 rings (SSSR count). The monoisotopic (exact) mass is 295 g/mol. The second-order valence-corrected chi connectivity index (χ2v) is 4.60. The molecule has 1 aromatic heterocycles. The van der Waals surface area contributed by atoms with Crippen molar-refractivity contribution in [1.29, 1.82) is 0 Å². The number of methoxy groups -OCH3 is 3. The lowest BCUT2D eigenvalue weighted by atomic mass is 10.1. The number of carbonyl (C=O) groups is 1. The van der Waals surface area contributed by atoms with Crippen molar-refractivity contribution in [2.24, 2.45) is 0 Å². The molecular formula is C13H13NO5S. The Balaban J connectivity index is 2.54. The summed E-state index contributed by atoms with van der Waals surface area (Å²) in [6.07, 6.45) is 1.47. The van der Waals surface area contributed by atoms with Crippen LogP contribution in [0.2, 0.25) is 0 Å². The average molecular weight is 295 g/mol. The van der Waals surface area contributed by atoms with Gasteiger partial charge in [0.2, 0.25) is 5.06 Å². The molecule has 0 amide bonds. The van der Waals surface area contributed by atoms with Gasteiger partial charge < -0.3 is 18.9 Å². The van der Waals surface area contributed by atoms with Gasteiger partial charge >= 0.3 is 0 Å². The number of thiazole rings is 1. The molecule has 7 heteroatoms. The van der Waals surface area contributed by atoms with E-state index in [0.717, 1.165) is 0 Å². The highest BCUT2D eigenvalue weighted by Crippen LogP contribution is 2.44. The molecule has 0 unspecified atom stereocenters. The minimum Gasteiger partial charge on any atom is -0.496 e. The predicted octanol–water partition coefficient (Wildman–Crippen LogP) is 2.37. The van der Waals surface area contributed by atoms with Gasteiger partial charge in [0.25, 0.3) is 6.47 Å². The minimum atomic E-state index is 0.361. The van der Waals surface area contributed by atoms with E-state index in [2.05, 4.69) is 4.98 Å². The van der Waals surface area contributed by atoms with E-state index < -0.39 is 0 Å². The number of carbonyl (C=O) groups excluding carboxylic acids is 1. The first kappa shape index (κ1) is 14.1. The van der Waals surface area contributed by atoms with Crippen LogP contribution in [0, 0.1) is 0 Å². The third-order valence-electron chi connectivity index (χ3n) is 2.58. The quantitative estimate of drug-likeness (QED) is 0.762. The summed E-state index contributed by atoms with van der Waals surface area (Å²) in [5, 5.41) is 1.02. The van der Waals surface area contributed by atoms with Crippen LogP contribution in [0.25, 0.3) is 10.6 Å². The number of benzene rings is 1. The van der Waals surface area contributed by atoms with Gasteiger partial charge in [0, 0.05) is 12.1 Å². The van der Waals surface area contributed by atoms with Crippen molar-refractivity contribution in [3.63, 3.8) is 0 Å². The van der Waals surface area contributed by atoms with Gasteiger partial charge in [-0.15, -0.1) is 0 Å². The van der Waals surface area contributed by atoms with Crippen molar-refractivity contribution in [2.45, 2.75) is 0 Å². The highest BCUT2D eigenvalue weighted by Gasteiger charge is 2.18. The lowest BCUT2D eigenvalue weighted by molar-refractivity contribution is -0.120. The largest absolute Gasteiger partial charge is 0.496 e. The van der Waals surface area contributed by atoms with Crippen LogP contribution in [0.5, 0.6) is 22.3 Å². The smallest absolute Gasteiger partial charge is 0.299 e. The van der Waals surface area contributed by atoms with Crippen molar-refractivity contribution >= 4 is 17.8 Å². The SMILES string of the molecule is COc1cc(OC)c(-c2ncc(OC=O)s2)c(OC)c1. The minimum absolute atomic E-state index is 0.361. The van der Waals surface area contributed by atoms with E-state index in [9.17, 15) is 4.79 Å². The van der Waals surface area contributed by atoms with Gasteiger partial charge in [0.1, 0.15) is 22.3 Å². The second-order valence-electron chi connectivity index (χ2n) is 3.61. The predicted molar refractivity (Wildman–Crippen MR) is 73.9 cm³/mol. The molecule has 1 aromatic carbocycles. The first-order valence-corrected chi connectivity index (χ1v) is 6.41. The lowest BCUT2D eigenvalue weighted by Crippen LogP contribution is -1.94. The third-order valence-corrected chi connectivity index (χ3v) is 3.48. The fourth-order valence-corrected chi connectivity index (χ4v) is 2.49. The molecule has 1 heterocycles. The molecule has 0 saturated heterocycles. The Morgan fingerprint density at radius 1 is 1.10 bits per heavy atom. The van der Waals surface area contributed by atoms with E-state index in [4.69, 9.17) is 18.9 Å². The Bertz CT molecular complexity index is 586. The molecule has 0 N–H and O–H groups in total. The summed E-state index contributed by atoms with van der Waals surface area (Å²) in [5.74, 6) is 1.74. The van der Waals surface area contributed by atoms with Crippen LogP contribution < -0.4 is 18.9 Å². The number of rotatable bonds is 6. The van der Waals surface area contributed by atoms with Crippen LogP contribution in [-0.2, 0) is 4.79 Å². The van der Waals surface area contributed by atoms with Crippen LogP contribution in [0.4, 0.5) is 0 Å². The molecule has 0 aliphatic rings. The van der Waals surface area contributed by atoms with Gasteiger partial charge in [-0.05, 0) is 0 Å². The summed E-state index contributed by atoms with van der Waals surface area (Å²) < 4.78 is 20.7. The van der Waals surface area contributed by atoms with Crippen LogP contribution in [0.3, 0.4) is 0 Å². The number of hydrogen-bond donors (Lipinski definition) is 0. The Hall–Kier alpha value is -2.28. The van der Waals surface area contributed by atoms with Gasteiger partial charge in [-0.1, -0.05) is 11.3 Å². The van der Waals surface area contributed by atoms with E-state index in [1.165, 1.54) is 17.5 Å². The van der Waals surface area contributed by atoms with Crippen molar-refractivity contribution in [3.05, 3.63) is 18.3 Å². The Kier molecular flexibility index (Phi) is 4.41. The molecule has 0 bridgehead atoms. The van der Waals surface area contributed by atoms with Gasteiger partial charge in [-0.2, -0.15) is 0 Å². The van der Waals surface area contributed by atoms with E-state index in [0.29, 0.717) is 39.4 Å². The molecule has 20 heavy (non-hydrogen) atoms. The summed E-state index contributed by atoms with van der Waals surface area (Å²) in [4.78, 5) is 14.6. The Morgan fingerprint density at radius 3 is 2.25 bits per heavy atom. The highest BCUT2D eigenvalue weighted by molar-refractivity contribution is 7.16. The highest BCUT2D eigenvalue weighted by atomic mass is 32.1. The van der Waals surface area contributed by atoms with Crippen LogP contribution in [0.1, 0.15) is 0 Å². The molecule has 0 fully saturated rings. The number of aromatic nitrogens is 1. The van der Waals surface area contributed by atoms with E-state index >= 15 is 0 Å². The summed E-state index contributed by atoms with van der Waals surface area (Å²) >= 11 is 1.22. The number of ether oxygens (including phenoxy) is 4. The summed E-state index contributed by atoms with van der Waals surface area (Å²) in [6, 6.07) is 3.47. The van der Waals surface area contributed by atoms with Gasteiger partial charge in [0.15, 0.2) is 0 Å². The second kappa shape index (κ2) is 6.25. The molecule has 0 spiro atoms. The number of nitrogens with zero attached hydrogens (tertiary/aromatic N) is 1. The molecular weight excluding hydrogens is 282 g/mol. The Labute approximate surface area is 119 Å². The van der Waals surface area contributed by atoms with Crippen molar-refractivity contribution < 1.29 is 23.7 Å². The topological polar surface area (TPSA) is 66.9 Å². The van der Waals surface area contributed by atoms with Gasteiger partial charge in [0.05, 0.1) is 33.1 Å². The first-order valence-electron chi connectivity index (χ1n) is 5.60. The van der Waals surface area contributed by atoms with Crippen LogP contribution in [0.15, 0.2) is 18.3 Å². The molecule has 6 nitrogen and oxygen atoms in total. The van der Waals surface area contributed by atoms with Crippen LogP contribution in [-0.4, -0.2) is 32.8 Å². The summed E-state index contributed by atoms with van der Waals surface area (Å²) in [6.45, 7) is 0.361. The molecule has 0 atom stereocenters. The zero-order chi connectivity index (χ0) is 14.5. The van der Waals surface area contributed by atoms with Gasteiger partial charge in [-0.25, -0.2) is 4.98 Å². The fraction of sp³-hybridized carbons (Fsp3) is 0.231. The first-order chi connectivity index (χ1) is 9.73. The maximum absolute atomic E-state index is 10.3. The lowest BCUT2D eigenvalue weighted by Gasteiger charge is -2.13. The maximum Gasteiger partial charge on any atom is 0.299 e. The van der Waals surface area contributed by atoms with E-state index in [1.54, 1.807) is 33.5 Å². The zero-order valence-corrected chi connectivity index (χ0v) is 12.0. The van der Waals surface area contributed by atoms with E-state index in [-0.39, 0.29) is 0 Å². The van der Waals surface area contributed by atoms with Crippen molar-refractivity contribution in [3.8, 4) is 32.9 Å². The molecule has 0 aliphatic carbocycles. The standard InChI is InChI=1S/C13H13NO5S/c1-16-8-4-9(17-2)12(10(5-8)18-3)13-14-6-11(20-13)19-7-15/h4-7H,1-3H3. The van der Waals surface area contributed by atoms with Crippen molar-refractivity contribution in [2.75, 3.05) is 21.3 Å². The Morgan fingerprint density at radius 2 is 1.75 bits per heavy atom. The number of hydrogen-bond acceptors (Lipinski definition) is 7. The summed E-state index contributed by atoms with van der Waals surface area (Å²) in [7, 11) is 4.66. The third kappa shape index (κ3) is 2.67. The molecule has 2 aromatic rings. The molecule has 106 valence electrons. The molecule has 0 radical (unpaired) electrons. The van der Waals surface area contributed by atoms with Crippen LogP contribution >= 0.6 is 11.3 Å². The normalized spacial score (nSPS) is 9.95. The molecule has 0 saturated carbocycles. The molecule has 0 aliphatic heterocycles. The van der Waals surface area contributed by atoms with E-state index in [1.807, 2.05) is 0 Å².